The Morgan fingerprint density at radius 2 is 1.58 bits per heavy atom. The highest BCUT2D eigenvalue weighted by atomic mass is 32.2. The standard InChI is InChI=1S/C20H22O2S2/c1-21-20(17-11-6-3-7-12-17)19(23-13-8-14-24-19)15-18(22-20)16-9-4-2-5-10-16/h2-7,9-12,18H,8,13-15H2,1H3/t18-,20+/m0/s1. The predicted octanol–water partition coefficient (Wildman–Crippen LogP) is 5.21. The number of rotatable bonds is 3. The lowest BCUT2D eigenvalue weighted by atomic mass is 9.99. The number of thioether (sulfide) groups is 2. The van der Waals surface area contributed by atoms with Gasteiger partial charge >= 0.3 is 0 Å². The van der Waals surface area contributed by atoms with Gasteiger partial charge < -0.3 is 9.47 Å². The molecule has 0 saturated carbocycles. The van der Waals surface area contributed by atoms with Crippen molar-refractivity contribution in [1.29, 1.82) is 0 Å². The van der Waals surface area contributed by atoms with E-state index < -0.39 is 5.79 Å². The van der Waals surface area contributed by atoms with Crippen LogP contribution in [0.5, 0.6) is 0 Å². The summed E-state index contributed by atoms with van der Waals surface area (Å²) in [5.41, 5.74) is 2.35. The summed E-state index contributed by atoms with van der Waals surface area (Å²) >= 11 is 4.02. The number of benzene rings is 2. The van der Waals surface area contributed by atoms with Gasteiger partial charge in [-0.2, -0.15) is 0 Å². The minimum atomic E-state index is -0.704. The fraction of sp³-hybridized carbons (Fsp3) is 0.400. The van der Waals surface area contributed by atoms with Crippen molar-refractivity contribution in [2.75, 3.05) is 18.6 Å². The first kappa shape index (κ1) is 16.5. The normalized spacial score (nSPS) is 29.0. The van der Waals surface area contributed by atoms with Crippen LogP contribution >= 0.6 is 23.5 Å². The molecule has 2 fully saturated rings. The van der Waals surface area contributed by atoms with E-state index in [1.807, 2.05) is 29.6 Å². The lowest BCUT2D eigenvalue weighted by Gasteiger charge is -2.44. The van der Waals surface area contributed by atoms with Crippen molar-refractivity contribution < 1.29 is 9.47 Å². The van der Waals surface area contributed by atoms with Gasteiger partial charge in [-0.1, -0.05) is 60.7 Å². The zero-order valence-corrected chi connectivity index (χ0v) is 15.4. The average Bonchev–Trinajstić information content (AvgIpc) is 2.98. The quantitative estimate of drug-likeness (QED) is 0.749. The van der Waals surface area contributed by atoms with Crippen molar-refractivity contribution in [1.82, 2.24) is 0 Å². The second-order valence-corrected chi connectivity index (χ2v) is 9.26. The van der Waals surface area contributed by atoms with Gasteiger partial charge in [0.15, 0.2) is 0 Å². The first-order valence-electron chi connectivity index (χ1n) is 8.41. The van der Waals surface area contributed by atoms with Gasteiger partial charge in [-0.3, -0.25) is 0 Å². The summed E-state index contributed by atoms with van der Waals surface area (Å²) in [5, 5.41) is 0. The van der Waals surface area contributed by atoms with Crippen molar-refractivity contribution in [3.8, 4) is 0 Å². The maximum Gasteiger partial charge on any atom is 0.220 e. The summed E-state index contributed by atoms with van der Waals surface area (Å²) < 4.78 is 12.8. The van der Waals surface area contributed by atoms with Crippen LogP contribution in [0.1, 0.15) is 30.1 Å². The molecule has 0 aliphatic carbocycles. The molecular formula is C20H22O2S2. The molecule has 0 bridgehead atoms. The Balaban J connectivity index is 1.79. The fourth-order valence-electron chi connectivity index (χ4n) is 3.71. The van der Waals surface area contributed by atoms with Crippen molar-refractivity contribution in [3.63, 3.8) is 0 Å². The van der Waals surface area contributed by atoms with E-state index in [1.165, 1.54) is 12.0 Å². The lowest BCUT2D eigenvalue weighted by molar-refractivity contribution is -0.223. The van der Waals surface area contributed by atoms with E-state index in [-0.39, 0.29) is 10.2 Å². The smallest absolute Gasteiger partial charge is 0.220 e. The van der Waals surface area contributed by atoms with Crippen molar-refractivity contribution >= 4 is 23.5 Å². The van der Waals surface area contributed by atoms with Crippen molar-refractivity contribution in [3.05, 3.63) is 71.8 Å². The zero-order valence-electron chi connectivity index (χ0n) is 13.8. The largest absolute Gasteiger partial charge is 0.347 e. The van der Waals surface area contributed by atoms with Crippen LogP contribution in [0.25, 0.3) is 0 Å². The van der Waals surface area contributed by atoms with E-state index in [0.29, 0.717) is 0 Å². The highest BCUT2D eigenvalue weighted by molar-refractivity contribution is 8.18. The minimum absolute atomic E-state index is 0.0597. The van der Waals surface area contributed by atoms with E-state index in [0.717, 1.165) is 23.5 Å². The molecule has 0 amide bonds. The Labute approximate surface area is 152 Å². The summed E-state index contributed by atoms with van der Waals surface area (Å²) in [6.07, 6.45) is 2.28. The molecule has 2 aliphatic rings. The van der Waals surface area contributed by atoms with Gasteiger partial charge in [-0.25, -0.2) is 0 Å². The topological polar surface area (TPSA) is 18.5 Å². The van der Waals surface area contributed by atoms with Gasteiger partial charge in [-0.15, -0.1) is 23.5 Å². The molecule has 1 spiro atoms. The predicted molar refractivity (Wildman–Crippen MR) is 102 cm³/mol. The Hall–Kier alpha value is -0.940. The number of ether oxygens (including phenoxy) is 2. The second kappa shape index (κ2) is 6.75. The van der Waals surface area contributed by atoms with Crippen LogP contribution in [0.2, 0.25) is 0 Å². The molecule has 0 radical (unpaired) electrons. The van der Waals surface area contributed by atoms with Crippen LogP contribution < -0.4 is 0 Å². The molecular weight excluding hydrogens is 336 g/mol. The van der Waals surface area contributed by atoms with Gasteiger partial charge in [0.2, 0.25) is 5.79 Å². The van der Waals surface area contributed by atoms with Gasteiger partial charge in [0.1, 0.15) is 4.08 Å². The van der Waals surface area contributed by atoms with Crippen LogP contribution in [-0.4, -0.2) is 22.7 Å². The zero-order chi connectivity index (χ0) is 16.5. The first-order chi connectivity index (χ1) is 11.8. The number of methoxy groups -OCH3 is 1. The summed E-state index contributed by atoms with van der Waals surface area (Å²) in [5.74, 6) is 1.62. The first-order valence-corrected chi connectivity index (χ1v) is 10.4. The maximum atomic E-state index is 6.70. The van der Waals surface area contributed by atoms with Gasteiger partial charge in [0.25, 0.3) is 0 Å². The highest BCUT2D eigenvalue weighted by Gasteiger charge is 2.63. The Bertz CT molecular complexity index is 671. The van der Waals surface area contributed by atoms with E-state index in [1.54, 1.807) is 7.11 Å². The Morgan fingerprint density at radius 1 is 0.958 bits per heavy atom. The van der Waals surface area contributed by atoms with Gasteiger partial charge in [0, 0.05) is 19.1 Å². The number of hydrogen-bond donors (Lipinski definition) is 0. The molecule has 0 N–H and O–H groups in total. The summed E-state index contributed by atoms with van der Waals surface area (Å²) in [4.78, 5) is 0. The average molecular weight is 359 g/mol. The van der Waals surface area contributed by atoms with Crippen molar-refractivity contribution in [2.45, 2.75) is 28.8 Å². The molecule has 2 aromatic rings. The molecule has 2 heterocycles. The van der Waals surface area contributed by atoms with Crippen LogP contribution in [0.15, 0.2) is 60.7 Å². The van der Waals surface area contributed by atoms with E-state index in [2.05, 4.69) is 54.6 Å². The second-order valence-electron chi connectivity index (χ2n) is 6.21. The van der Waals surface area contributed by atoms with Gasteiger partial charge in [-0.05, 0) is 23.5 Å². The molecule has 2 nitrogen and oxygen atoms in total. The maximum absolute atomic E-state index is 6.70. The third-order valence-corrected chi connectivity index (χ3v) is 8.33. The highest BCUT2D eigenvalue weighted by Crippen LogP contribution is 2.65. The van der Waals surface area contributed by atoms with Crippen LogP contribution in [0.3, 0.4) is 0 Å². The van der Waals surface area contributed by atoms with Crippen LogP contribution in [0, 0.1) is 0 Å². The summed E-state index contributed by atoms with van der Waals surface area (Å²) in [7, 11) is 1.79. The van der Waals surface area contributed by atoms with Crippen LogP contribution in [0.4, 0.5) is 0 Å². The Kier molecular flexibility index (Phi) is 4.65. The lowest BCUT2D eigenvalue weighted by Crippen LogP contribution is -2.46. The Morgan fingerprint density at radius 3 is 2.21 bits per heavy atom. The molecule has 2 aliphatic heterocycles. The SMILES string of the molecule is CO[C@]1(c2ccccc2)O[C@H](c2ccccc2)CC12SCCCS2. The van der Waals surface area contributed by atoms with Crippen molar-refractivity contribution in [2.24, 2.45) is 0 Å². The molecule has 24 heavy (non-hydrogen) atoms. The molecule has 126 valence electrons. The molecule has 2 aromatic carbocycles. The van der Waals surface area contributed by atoms with E-state index in [9.17, 15) is 0 Å². The van der Waals surface area contributed by atoms with Crippen LogP contribution in [-0.2, 0) is 15.3 Å². The molecule has 0 unspecified atom stereocenters. The summed E-state index contributed by atoms with van der Waals surface area (Å²) in [6.45, 7) is 0. The van der Waals surface area contributed by atoms with E-state index >= 15 is 0 Å². The molecule has 0 aromatic heterocycles. The molecule has 4 heteroatoms. The number of hydrogen-bond acceptors (Lipinski definition) is 4. The monoisotopic (exact) mass is 358 g/mol. The molecule has 4 rings (SSSR count). The molecule has 2 saturated heterocycles. The minimum Gasteiger partial charge on any atom is -0.347 e. The summed E-state index contributed by atoms with van der Waals surface area (Å²) in [6, 6.07) is 21.0. The van der Waals surface area contributed by atoms with E-state index in [4.69, 9.17) is 9.47 Å². The third-order valence-electron chi connectivity index (χ3n) is 4.84. The molecule has 2 atom stereocenters. The third kappa shape index (κ3) is 2.60. The fourth-order valence-corrected chi connectivity index (χ4v) is 7.38. The van der Waals surface area contributed by atoms with Gasteiger partial charge in [0.05, 0.1) is 6.10 Å².